The van der Waals surface area contributed by atoms with Gasteiger partial charge in [-0.3, -0.25) is 4.98 Å². The summed E-state index contributed by atoms with van der Waals surface area (Å²) < 4.78 is 0. The number of aromatic nitrogens is 1. The summed E-state index contributed by atoms with van der Waals surface area (Å²) in [5.74, 6) is 0. The molecule has 1 aliphatic rings. The molecule has 2 aromatic carbocycles. The molecule has 4 heteroatoms. The Bertz CT molecular complexity index is 906. The second kappa shape index (κ2) is 6.61. The molecule has 4 nitrogen and oxygen atoms in total. The Morgan fingerprint density at radius 1 is 0.760 bits per heavy atom. The lowest BCUT2D eigenvalue weighted by atomic mass is 9.90. The smallest absolute Gasteiger partial charge is 0.320 e. The SMILES string of the molecule is O=C1NC(c2ccccc2)=C(c2ccccc2)C(c2ccccn2)N1. The van der Waals surface area contributed by atoms with Crippen molar-refractivity contribution in [2.75, 3.05) is 0 Å². The number of nitrogens with zero attached hydrogens (tertiary/aromatic N) is 1. The first-order valence-corrected chi connectivity index (χ1v) is 8.16. The number of amides is 2. The summed E-state index contributed by atoms with van der Waals surface area (Å²) in [7, 11) is 0. The Hall–Kier alpha value is -3.40. The zero-order valence-corrected chi connectivity index (χ0v) is 13.5. The average Bonchev–Trinajstić information content (AvgIpc) is 2.69. The summed E-state index contributed by atoms with van der Waals surface area (Å²) in [5.41, 5.74) is 4.64. The molecule has 0 fully saturated rings. The van der Waals surface area contributed by atoms with Crippen molar-refractivity contribution in [2.24, 2.45) is 0 Å². The third kappa shape index (κ3) is 3.02. The zero-order valence-electron chi connectivity index (χ0n) is 13.5. The first-order chi connectivity index (χ1) is 12.3. The van der Waals surface area contributed by atoms with Gasteiger partial charge in [0.05, 0.1) is 11.4 Å². The van der Waals surface area contributed by atoms with Crippen LogP contribution < -0.4 is 10.6 Å². The number of pyridine rings is 1. The van der Waals surface area contributed by atoms with E-state index < -0.39 is 0 Å². The zero-order chi connectivity index (χ0) is 17.1. The summed E-state index contributed by atoms with van der Waals surface area (Å²) in [6, 6.07) is 25.2. The lowest BCUT2D eigenvalue weighted by Crippen LogP contribution is -2.43. The minimum absolute atomic E-state index is 0.228. The predicted octanol–water partition coefficient (Wildman–Crippen LogP) is 4.00. The molecule has 1 aliphatic heterocycles. The summed E-state index contributed by atoms with van der Waals surface area (Å²) in [4.78, 5) is 16.8. The van der Waals surface area contributed by atoms with E-state index in [4.69, 9.17) is 0 Å². The van der Waals surface area contributed by atoms with Crippen LogP contribution in [0.15, 0.2) is 85.1 Å². The summed E-state index contributed by atoms with van der Waals surface area (Å²) in [6.07, 6.45) is 1.74. The fourth-order valence-electron chi connectivity index (χ4n) is 3.09. The van der Waals surface area contributed by atoms with Crippen LogP contribution in [0.2, 0.25) is 0 Å². The van der Waals surface area contributed by atoms with Crippen molar-refractivity contribution in [1.29, 1.82) is 0 Å². The quantitative estimate of drug-likeness (QED) is 0.764. The number of hydrogen-bond acceptors (Lipinski definition) is 2. The molecule has 1 unspecified atom stereocenters. The number of carbonyl (C=O) groups excluding carboxylic acids is 1. The highest BCUT2D eigenvalue weighted by Gasteiger charge is 2.30. The monoisotopic (exact) mass is 327 g/mol. The molecule has 2 N–H and O–H groups in total. The molecule has 0 saturated carbocycles. The molecule has 2 heterocycles. The highest BCUT2D eigenvalue weighted by molar-refractivity contribution is 6.02. The van der Waals surface area contributed by atoms with Crippen molar-refractivity contribution < 1.29 is 4.79 Å². The molecule has 0 radical (unpaired) electrons. The van der Waals surface area contributed by atoms with Crippen molar-refractivity contribution in [3.8, 4) is 0 Å². The van der Waals surface area contributed by atoms with Gasteiger partial charge in [0.15, 0.2) is 0 Å². The Labute approximate surface area is 146 Å². The van der Waals surface area contributed by atoms with Crippen LogP contribution in [-0.4, -0.2) is 11.0 Å². The van der Waals surface area contributed by atoms with E-state index in [-0.39, 0.29) is 12.1 Å². The molecular formula is C21H17N3O. The number of nitrogens with one attached hydrogen (secondary N) is 2. The highest BCUT2D eigenvalue weighted by Crippen LogP contribution is 2.36. The van der Waals surface area contributed by atoms with Crippen molar-refractivity contribution in [3.05, 3.63) is 102 Å². The maximum absolute atomic E-state index is 12.3. The Kier molecular flexibility index (Phi) is 4.01. The van der Waals surface area contributed by atoms with Crippen LogP contribution in [-0.2, 0) is 0 Å². The van der Waals surface area contributed by atoms with Crippen LogP contribution >= 0.6 is 0 Å². The molecule has 0 aliphatic carbocycles. The maximum Gasteiger partial charge on any atom is 0.320 e. The molecule has 0 bridgehead atoms. The van der Waals surface area contributed by atoms with E-state index in [0.29, 0.717) is 0 Å². The lowest BCUT2D eigenvalue weighted by Gasteiger charge is -2.30. The summed E-state index contributed by atoms with van der Waals surface area (Å²) >= 11 is 0. The third-order valence-corrected chi connectivity index (χ3v) is 4.20. The lowest BCUT2D eigenvalue weighted by molar-refractivity contribution is 0.242. The first kappa shape index (κ1) is 15.1. The van der Waals surface area contributed by atoms with Crippen LogP contribution in [0, 0.1) is 0 Å². The molecule has 1 atom stereocenters. The molecular weight excluding hydrogens is 310 g/mol. The molecule has 0 spiro atoms. The highest BCUT2D eigenvalue weighted by atomic mass is 16.2. The second-order valence-electron chi connectivity index (χ2n) is 5.81. The summed E-state index contributed by atoms with van der Waals surface area (Å²) in [6.45, 7) is 0. The van der Waals surface area contributed by atoms with E-state index in [2.05, 4.69) is 15.6 Å². The van der Waals surface area contributed by atoms with Gasteiger partial charge in [0, 0.05) is 11.8 Å². The van der Waals surface area contributed by atoms with Crippen LogP contribution in [0.5, 0.6) is 0 Å². The van der Waals surface area contributed by atoms with E-state index in [1.807, 2.05) is 78.9 Å². The number of carbonyl (C=O) groups is 1. The molecule has 25 heavy (non-hydrogen) atoms. The van der Waals surface area contributed by atoms with E-state index in [0.717, 1.165) is 28.1 Å². The van der Waals surface area contributed by atoms with E-state index in [1.54, 1.807) is 6.20 Å². The minimum atomic E-state index is -0.312. The van der Waals surface area contributed by atoms with Crippen molar-refractivity contribution >= 4 is 17.3 Å². The Balaban J connectivity index is 1.96. The molecule has 2 amide bonds. The van der Waals surface area contributed by atoms with Crippen LogP contribution in [0.1, 0.15) is 22.9 Å². The molecule has 122 valence electrons. The van der Waals surface area contributed by atoms with E-state index >= 15 is 0 Å². The first-order valence-electron chi connectivity index (χ1n) is 8.16. The molecule has 1 aromatic heterocycles. The van der Waals surface area contributed by atoms with Gasteiger partial charge in [0.25, 0.3) is 0 Å². The van der Waals surface area contributed by atoms with Gasteiger partial charge < -0.3 is 10.6 Å². The number of urea groups is 1. The van der Waals surface area contributed by atoms with Gasteiger partial charge in [-0.15, -0.1) is 0 Å². The number of benzene rings is 2. The van der Waals surface area contributed by atoms with Crippen LogP contribution in [0.25, 0.3) is 11.3 Å². The fourth-order valence-corrected chi connectivity index (χ4v) is 3.09. The molecule has 4 rings (SSSR count). The van der Waals surface area contributed by atoms with Crippen LogP contribution in [0.3, 0.4) is 0 Å². The van der Waals surface area contributed by atoms with Crippen molar-refractivity contribution in [1.82, 2.24) is 15.6 Å². The van der Waals surface area contributed by atoms with Crippen molar-refractivity contribution in [3.63, 3.8) is 0 Å². The summed E-state index contributed by atoms with van der Waals surface area (Å²) in [5, 5.41) is 5.99. The van der Waals surface area contributed by atoms with Crippen LogP contribution in [0.4, 0.5) is 4.79 Å². The predicted molar refractivity (Wildman–Crippen MR) is 98.3 cm³/mol. The van der Waals surface area contributed by atoms with Gasteiger partial charge >= 0.3 is 6.03 Å². The number of hydrogen-bond donors (Lipinski definition) is 2. The standard InChI is InChI=1S/C21H17N3O/c25-21-23-19(16-11-5-2-6-12-16)18(15-9-3-1-4-10-15)20(24-21)17-13-7-8-14-22-17/h1-14,20H,(H2,23,24,25). The van der Waals surface area contributed by atoms with Gasteiger partial charge in [-0.25, -0.2) is 4.79 Å². The average molecular weight is 327 g/mol. The van der Waals surface area contributed by atoms with Gasteiger partial charge in [-0.05, 0) is 23.3 Å². The fraction of sp³-hybridized carbons (Fsp3) is 0.0476. The topological polar surface area (TPSA) is 54.0 Å². The van der Waals surface area contributed by atoms with Crippen molar-refractivity contribution in [2.45, 2.75) is 6.04 Å². The third-order valence-electron chi connectivity index (χ3n) is 4.20. The molecule has 0 saturated heterocycles. The van der Waals surface area contributed by atoms with Gasteiger partial charge in [0.1, 0.15) is 6.04 Å². The molecule has 3 aromatic rings. The second-order valence-corrected chi connectivity index (χ2v) is 5.81. The largest absolute Gasteiger partial charge is 0.325 e. The van der Waals surface area contributed by atoms with Gasteiger partial charge in [-0.1, -0.05) is 66.7 Å². The maximum atomic E-state index is 12.3. The number of rotatable bonds is 3. The Morgan fingerprint density at radius 2 is 1.40 bits per heavy atom. The Morgan fingerprint density at radius 3 is 2.04 bits per heavy atom. The van der Waals surface area contributed by atoms with Gasteiger partial charge in [-0.2, -0.15) is 0 Å². The van der Waals surface area contributed by atoms with E-state index in [9.17, 15) is 4.79 Å². The van der Waals surface area contributed by atoms with Gasteiger partial charge in [0.2, 0.25) is 0 Å². The normalized spacial score (nSPS) is 17.0. The van der Waals surface area contributed by atoms with E-state index in [1.165, 1.54) is 0 Å². The minimum Gasteiger partial charge on any atom is -0.325 e.